The van der Waals surface area contributed by atoms with Crippen LogP contribution in [0.1, 0.15) is 31.2 Å². The number of benzene rings is 1. The zero-order valence-electron chi connectivity index (χ0n) is 13.5. The highest BCUT2D eigenvalue weighted by Crippen LogP contribution is 2.16. The zero-order valence-corrected chi connectivity index (χ0v) is 13.5. The Balaban J connectivity index is 1.57. The molecular formula is C18H21FN4O. The molecule has 0 radical (unpaired) electrons. The van der Waals surface area contributed by atoms with Crippen molar-refractivity contribution in [2.24, 2.45) is 0 Å². The van der Waals surface area contributed by atoms with Gasteiger partial charge in [-0.05, 0) is 30.5 Å². The number of carbonyl (C=O) groups is 1. The van der Waals surface area contributed by atoms with Gasteiger partial charge in [-0.2, -0.15) is 0 Å². The zero-order chi connectivity index (χ0) is 16.8. The van der Waals surface area contributed by atoms with Crippen LogP contribution in [0.3, 0.4) is 0 Å². The van der Waals surface area contributed by atoms with E-state index in [2.05, 4.69) is 20.2 Å². The third-order valence-electron chi connectivity index (χ3n) is 4.09. The lowest BCUT2D eigenvalue weighted by Crippen LogP contribution is -2.26. The minimum Gasteiger partial charge on any atom is -0.341 e. The quantitative estimate of drug-likeness (QED) is 0.936. The highest BCUT2D eigenvalue weighted by atomic mass is 19.1. The average Bonchev–Trinajstić information content (AvgIpc) is 2.87. The topological polar surface area (TPSA) is 58.1 Å². The first-order valence-corrected chi connectivity index (χ1v) is 8.32. The SMILES string of the molecule is O=C(Cc1ccc(F)cc1)Nc1cnc(N2CCCCCC2)nc1. The first-order valence-electron chi connectivity index (χ1n) is 8.32. The van der Waals surface area contributed by atoms with Crippen molar-refractivity contribution in [3.05, 3.63) is 48.0 Å². The third-order valence-corrected chi connectivity index (χ3v) is 4.09. The molecule has 1 N–H and O–H groups in total. The Hall–Kier alpha value is -2.50. The molecule has 0 aliphatic carbocycles. The van der Waals surface area contributed by atoms with Crippen molar-refractivity contribution in [1.82, 2.24) is 9.97 Å². The van der Waals surface area contributed by atoms with Crippen molar-refractivity contribution in [3.63, 3.8) is 0 Å². The van der Waals surface area contributed by atoms with Crippen LogP contribution in [0.5, 0.6) is 0 Å². The van der Waals surface area contributed by atoms with Gasteiger partial charge in [-0.15, -0.1) is 0 Å². The monoisotopic (exact) mass is 328 g/mol. The number of hydrogen-bond acceptors (Lipinski definition) is 4. The predicted octanol–water partition coefficient (Wildman–Crippen LogP) is 3.18. The van der Waals surface area contributed by atoms with Crippen LogP contribution in [-0.4, -0.2) is 29.0 Å². The fourth-order valence-electron chi connectivity index (χ4n) is 2.81. The van der Waals surface area contributed by atoms with Crippen LogP contribution >= 0.6 is 0 Å². The maximum atomic E-state index is 12.9. The van der Waals surface area contributed by atoms with E-state index in [1.807, 2.05) is 0 Å². The van der Waals surface area contributed by atoms with Gasteiger partial charge in [0.05, 0.1) is 24.5 Å². The second-order valence-electron chi connectivity index (χ2n) is 6.02. The summed E-state index contributed by atoms with van der Waals surface area (Å²) >= 11 is 0. The van der Waals surface area contributed by atoms with Gasteiger partial charge < -0.3 is 10.2 Å². The van der Waals surface area contributed by atoms with E-state index >= 15 is 0 Å². The molecule has 1 aliphatic heterocycles. The van der Waals surface area contributed by atoms with E-state index in [9.17, 15) is 9.18 Å². The fraction of sp³-hybridized carbons (Fsp3) is 0.389. The summed E-state index contributed by atoms with van der Waals surface area (Å²) in [5, 5.41) is 2.77. The van der Waals surface area contributed by atoms with Crippen molar-refractivity contribution in [1.29, 1.82) is 0 Å². The van der Waals surface area contributed by atoms with Crippen molar-refractivity contribution >= 4 is 17.5 Å². The van der Waals surface area contributed by atoms with Crippen LogP contribution in [0.15, 0.2) is 36.7 Å². The Morgan fingerprint density at radius 2 is 1.67 bits per heavy atom. The average molecular weight is 328 g/mol. The Bertz CT molecular complexity index is 664. The van der Waals surface area contributed by atoms with Crippen LogP contribution in [-0.2, 0) is 11.2 Å². The molecular weight excluding hydrogens is 307 g/mol. The molecule has 2 aromatic rings. The second kappa shape index (κ2) is 7.86. The molecule has 0 saturated carbocycles. The summed E-state index contributed by atoms with van der Waals surface area (Å²) in [6, 6.07) is 5.91. The van der Waals surface area contributed by atoms with E-state index < -0.39 is 0 Å². The summed E-state index contributed by atoms with van der Waals surface area (Å²) in [6.45, 7) is 1.96. The van der Waals surface area contributed by atoms with E-state index in [1.165, 1.54) is 37.8 Å². The first-order chi connectivity index (χ1) is 11.7. The van der Waals surface area contributed by atoms with Gasteiger partial charge in [0, 0.05) is 13.1 Å². The van der Waals surface area contributed by atoms with Gasteiger partial charge in [-0.25, -0.2) is 14.4 Å². The van der Waals surface area contributed by atoms with E-state index in [0.29, 0.717) is 11.6 Å². The normalized spacial score (nSPS) is 15.0. The van der Waals surface area contributed by atoms with Crippen molar-refractivity contribution in [2.75, 3.05) is 23.3 Å². The summed E-state index contributed by atoms with van der Waals surface area (Å²) < 4.78 is 12.9. The smallest absolute Gasteiger partial charge is 0.228 e. The number of nitrogens with zero attached hydrogens (tertiary/aromatic N) is 3. The molecule has 0 bridgehead atoms. The van der Waals surface area contributed by atoms with Crippen LogP contribution in [0.25, 0.3) is 0 Å². The molecule has 1 fully saturated rings. The lowest BCUT2D eigenvalue weighted by Gasteiger charge is -2.19. The number of aromatic nitrogens is 2. The summed E-state index contributed by atoms with van der Waals surface area (Å²) in [6.07, 6.45) is 8.31. The lowest BCUT2D eigenvalue weighted by atomic mass is 10.1. The highest BCUT2D eigenvalue weighted by Gasteiger charge is 2.12. The lowest BCUT2D eigenvalue weighted by molar-refractivity contribution is -0.115. The fourth-order valence-corrected chi connectivity index (χ4v) is 2.81. The summed E-state index contributed by atoms with van der Waals surface area (Å²) in [7, 11) is 0. The van der Waals surface area contributed by atoms with Crippen LogP contribution in [0, 0.1) is 5.82 Å². The van der Waals surface area contributed by atoms with Crippen molar-refractivity contribution < 1.29 is 9.18 Å². The number of nitrogens with one attached hydrogen (secondary N) is 1. The Morgan fingerprint density at radius 3 is 2.29 bits per heavy atom. The molecule has 2 heterocycles. The van der Waals surface area contributed by atoms with Crippen molar-refractivity contribution in [2.45, 2.75) is 32.1 Å². The molecule has 0 spiro atoms. The Morgan fingerprint density at radius 1 is 1.04 bits per heavy atom. The number of hydrogen-bond donors (Lipinski definition) is 1. The predicted molar refractivity (Wildman–Crippen MR) is 91.4 cm³/mol. The van der Waals surface area contributed by atoms with Gasteiger partial charge >= 0.3 is 0 Å². The number of rotatable bonds is 4. The molecule has 126 valence electrons. The maximum absolute atomic E-state index is 12.9. The minimum atomic E-state index is -0.309. The highest BCUT2D eigenvalue weighted by molar-refractivity contribution is 5.91. The van der Waals surface area contributed by atoms with Gasteiger partial charge in [-0.1, -0.05) is 25.0 Å². The largest absolute Gasteiger partial charge is 0.341 e. The van der Waals surface area contributed by atoms with Crippen LogP contribution < -0.4 is 10.2 Å². The third kappa shape index (κ3) is 4.50. The molecule has 5 nitrogen and oxygen atoms in total. The number of halogens is 1. The summed E-state index contributed by atoms with van der Waals surface area (Å²) in [5.41, 5.74) is 1.33. The Kier molecular flexibility index (Phi) is 5.36. The van der Waals surface area contributed by atoms with Gasteiger partial charge in [0.25, 0.3) is 0 Å². The molecule has 3 rings (SSSR count). The molecule has 1 saturated heterocycles. The number of carbonyl (C=O) groups excluding carboxylic acids is 1. The summed E-state index contributed by atoms with van der Waals surface area (Å²) in [5.74, 6) is 0.234. The van der Waals surface area contributed by atoms with E-state index in [-0.39, 0.29) is 18.1 Å². The van der Waals surface area contributed by atoms with Gasteiger partial charge in [0.2, 0.25) is 11.9 Å². The molecule has 1 aromatic heterocycles. The Labute approximate surface area is 140 Å². The van der Waals surface area contributed by atoms with Crippen LogP contribution in [0.4, 0.5) is 16.0 Å². The molecule has 1 aromatic carbocycles. The minimum absolute atomic E-state index is 0.173. The van der Waals surface area contributed by atoms with Crippen LogP contribution in [0.2, 0.25) is 0 Å². The maximum Gasteiger partial charge on any atom is 0.228 e. The molecule has 6 heteroatoms. The number of amides is 1. The second-order valence-corrected chi connectivity index (χ2v) is 6.02. The van der Waals surface area contributed by atoms with E-state index in [1.54, 1.807) is 24.5 Å². The molecule has 0 unspecified atom stereocenters. The molecule has 1 amide bonds. The van der Waals surface area contributed by atoms with E-state index in [4.69, 9.17) is 0 Å². The molecule has 24 heavy (non-hydrogen) atoms. The molecule has 0 atom stereocenters. The number of anilines is 2. The molecule has 1 aliphatic rings. The standard InChI is InChI=1S/C18H21FN4O/c19-15-7-5-14(6-8-15)11-17(24)22-16-12-20-18(21-13-16)23-9-3-1-2-4-10-23/h5-8,12-13H,1-4,9-11H2,(H,22,24). The van der Waals surface area contributed by atoms with Gasteiger partial charge in [0.15, 0.2) is 0 Å². The van der Waals surface area contributed by atoms with E-state index in [0.717, 1.165) is 18.7 Å². The summed E-state index contributed by atoms with van der Waals surface area (Å²) in [4.78, 5) is 23.0. The van der Waals surface area contributed by atoms with Crippen molar-refractivity contribution in [3.8, 4) is 0 Å². The van der Waals surface area contributed by atoms with Gasteiger partial charge in [-0.3, -0.25) is 4.79 Å². The first kappa shape index (κ1) is 16.4. The van der Waals surface area contributed by atoms with Gasteiger partial charge in [0.1, 0.15) is 5.82 Å².